The fourth-order valence-electron chi connectivity index (χ4n) is 4.02. The predicted molar refractivity (Wildman–Crippen MR) is 133 cm³/mol. The van der Waals surface area contributed by atoms with Crippen molar-refractivity contribution < 1.29 is 8.42 Å². The average molecular weight is 466 g/mol. The molecule has 1 aromatic heterocycles. The maximum Gasteiger partial charge on any atom is 0.224 e. The third-order valence-electron chi connectivity index (χ3n) is 6.05. The fourth-order valence-corrected chi connectivity index (χ4v) is 5.22. The van der Waals surface area contributed by atoms with E-state index in [9.17, 15) is 8.42 Å². The average Bonchev–Trinajstić information content (AvgIpc) is 2.81. The lowest BCUT2D eigenvalue weighted by Crippen LogP contribution is -2.33. The van der Waals surface area contributed by atoms with Crippen LogP contribution >= 0.6 is 0 Å². The van der Waals surface area contributed by atoms with Crippen molar-refractivity contribution in [1.82, 2.24) is 9.97 Å². The highest BCUT2D eigenvalue weighted by Gasteiger charge is 2.24. The number of hydrogen-bond acceptors (Lipinski definition) is 7. The van der Waals surface area contributed by atoms with Gasteiger partial charge in [-0.05, 0) is 57.2 Å². The monoisotopic (exact) mass is 465 g/mol. The van der Waals surface area contributed by atoms with E-state index in [-0.39, 0.29) is 17.0 Å². The summed E-state index contributed by atoms with van der Waals surface area (Å²) < 4.78 is 25.9. The predicted octanol–water partition coefficient (Wildman–Crippen LogP) is 4.75. The van der Waals surface area contributed by atoms with E-state index in [0.717, 1.165) is 36.8 Å². The molecule has 1 aliphatic carbocycles. The molecule has 3 aromatic rings. The van der Waals surface area contributed by atoms with E-state index in [1.165, 1.54) is 0 Å². The van der Waals surface area contributed by atoms with E-state index in [0.29, 0.717) is 17.5 Å². The Morgan fingerprint density at radius 2 is 1.64 bits per heavy atom. The molecule has 1 saturated carbocycles. The topological polar surface area (TPSA) is 110 Å². The van der Waals surface area contributed by atoms with Crippen molar-refractivity contribution in [1.29, 1.82) is 0 Å². The molecule has 33 heavy (non-hydrogen) atoms. The maximum absolute atomic E-state index is 13.0. The Morgan fingerprint density at radius 3 is 2.33 bits per heavy atom. The van der Waals surface area contributed by atoms with Crippen LogP contribution in [0.5, 0.6) is 0 Å². The molecule has 0 atom stereocenters. The van der Waals surface area contributed by atoms with Crippen molar-refractivity contribution in [2.24, 2.45) is 5.73 Å². The molecule has 8 heteroatoms. The van der Waals surface area contributed by atoms with Gasteiger partial charge in [-0.3, -0.25) is 0 Å². The minimum Gasteiger partial charge on any atom is -0.351 e. The number of aromatic nitrogens is 2. The van der Waals surface area contributed by atoms with E-state index in [4.69, 9.17) is 10.7 Å². The van der Waals surface area contributed by atoms with Crippen LogP contribution < -0.4 is 16.4 Å². The van der Waals surface area contributed by atoms with Gasteiger partial charge in [-0.2, -0.15) is 4.98 Å². The van der Waals surface area contributed by atoms with Crippen molar-refractivity contribution >= 4 is 27.3 Å². The number of benzene rings is 2. The van der Waals surface area contributed by atoms with Crippen LogP contribution in [0.2, 0.25) is 0 Å². The van der Waals surface area contributed by atoms with E-state index in [1.54, 1.807) is 38.2 Å². The van der Waals surface area contributed by atoms with Crippen LogP contribution in [-0.4, -0.2) is 35.7 Å². The number of rotatable bonds is 7. The highest BCUT2D eigenvalue weighted by Crippen LogP contribution is 2.33. The van der Waals surface area contributed by atoms with Gasteiger partial charge in [-0.25, -0.2) is 13.4 Å². The van der Waals surface area contributed by atoms with Crippen LogP contribution in [0.3, 0.4) is 0 Å². The maximum atomic E-state index is 13.0. The molecule has 0 spiro atoms. The normalized spacial score (nSPS) is 18.8. The summed E-state index contributed by atoms with van der Waals surface area (Å²) >= 11 is 0. The van der Waals surface area contributed by atoms with Crippen molar-refractivity contribution in [2.75, 3.05) is 10.6 Å². The second-order valence-electron chi connectivity index (χ2n) is 8.79. The summed E-state index contributed by atoms with van der Waals surface area (Å²) in [6.45, 7) is 3.37. The molecule has 1 fully saturated rings. The first-order valence-corrected chi connectivity index (χ1v) is 12.9. The van der Waals surface area contributed by atoms with Crippen molar-refractivity contribution in [3.05, 3.63) is 60.8 Å². The second kappa shape index (κ2) is 9.89. The molecule has 2 aromatic carbocycles. The summed E-state index contributed by atoms with van der Waals surface area (Å²) in [4.78, 5) is 9.58. The number of anilines is 3. The van der Waals surface area contributed by atoms with E-state index in [2.05, 4.69) is 15.6 Å². The lowest BCUT2D eigenvalue weighted by atomic mass is 9.92. The second-order valence-corrected chi connectivity index (χ2v) is 11.3. The van der Waals surface area contributed by atoms with Gasteiger partial charge in [-0.1, -0.05) is 42.5 Å². The zero-order valence-electron chi connectivity index (χ0n) is 19.0. The number of para-hydroxylation sites is 1. The zero-order valence-corrected chi connectivity index (χ0v) is 19.8. The molecule has 4 rings (SSSR count). The fraction of sp³-hybridized carbons (Fsp3) is 0.360. The first kappa shape index (κ1) is 23.2. The van der Waals surface area contributed by atoms with E-state index >= 15 is 0 Å². The molecular weight excluding hydrogens is 434 g/mol. The van der Waals surface area contributed by atoms with Crippen molar-refractivity contribution in [2.45, 2.75) is 61.8 Å². The van der Waals surface area contributed by atoms with Gasteiger partial charge in [0.15, 0.2) is 9.84 Å². The molecule has 0 saturated heterocycles. The number of nitrogens with zero attached hydrogens (tertiary/aromatic N) is 2. The Hall–Kier alpha value is -2.97. The van der Waals surface area contributed by atoms with E-state index < -0.39 is 15.1 Å². The van der Waals surface area contributed by atoms with Crippen LogP contribution in [0.25, 0.3) is 11.1 Å². The Labute approximate surface area is 195 Å². The molecular formula is C25H31N5O2S. The summed E-state index contributed by atoms with van der Waals surface area (Å²) in [5, 5.41) is 6.20. The van der Waals surface area contributed by atoms with Gasteiger partial charge < -0.3 is 16.4 Å². The van der Waals surface area contributed by atoms with E-state index in [1.807, 2.05) is 36.4 Å². The first-order chi connectivity index (χ1) is 15.8. The highest BCUT2D eigenvalue weighted by atomic mass is 32.2. The lowest BCUT2D eigenvalue weighted by Gasteiger charge is -2.27. The van der Waals surface area contributed by atoms with Gasteiger partial charge in [0, 0.05) is 23.8 Å². The molecule has 0 unspecified atom stereocenters. The Balaban J connectivity index is 1.71. The van der Waals surface area contributed by atoms with Gasteiger partial charge in [0.2, 0.25) is 5.95 Å². The summed E-state index contributed by atoms with van der Waals surface area (Å²) in [6.07, 6.45) is 5.68. The van der Waals surface area contributed by atoms with Crippen LogP contribution in [0, 0.1) is 0 Å². The third kappa shape index (κ3) is 5.34. The minimum atomic E-state index is -3.48. The van der Waals surface area contributed by atoms with Crippen LogP contribution in [-0.2, 0) is 9.84 Å². The number of sulfone groups is 1. The minimum absolute atomic E-state index is 0.258. The van der Waals surface area contributed by atoms with Crippen molar-refractivity contribution in [3.63, 3.8) is 0 Å². The van der Waals surface area contributed by atoms with Crippen molar-refractivity contribution in [3.8, 4) is 11.1 Å². The standard InChI is InChI=1S/C25H31N5O2S/c1-17(2)33(31,32)23-11-7-6-10-22(23)29-24-21(18-8-4-3-5-9-18)16-27-25(30-24)28-20-14-12-19(26)13-15-20/h3-11,16-17,19-20H,12-15,26H2,1-2H3,(H2,27,28,29,30). The van der Waals surface area contributed by atoms with Crippen LogP contribution in [0.1, 0.15) is 39.5 Å². The zero-order chi connectivity index (χ0) is 23.4. The van der Waals surface area contributed by atoms with Crippen LogP contribution in [0.4, 0.5) is 17.5 Å². The highest BCUT2D eigenvalue weighted by molar-refractivity contribution is 7.92. The molecule has 0 aliphatic heterocycles. The Kier molecular flexibility index (Phi) is 6.95. The van der Waals surface area contributed by atoms with Gasteiger partial charge in [0.1, 0.15) is 5.82 Å². The van der Waals surface area contributed by atoms with Crippen LogP contribution in [0.15, 0.2) is 65.7 Å². The molecule has 0 amide bonds. The Morgan fingerprint density at radius 1 is 0.970 bits per heavy atom. The summed E-state index contributed by atoms with van der Waals surface area (Å²) in [7, 11) is -3.48. The molecule has 1 heterocycles. The molecule has 1 aliphatic rings. The lowest BCUT2D eigenvalue weighted by molar-refractivity contribution is 0.410. The summed E-state index contributed by atoms with van der Waals surface area (Å²) in [5.41, 5.74) is 8.27. The van der Waals surface area contributed by atoms with Gasteiger partial charge in [0.25, 0.3) is 0 Å². The molecule has 0 radical (unpaired) electrons. The molecule has 4 N–H and O–H groups in total. The quantitative estimate of drug-likeness (QED) is 0.462. The molecule has 174 valence electrons. The SMILES string of the molecule is CC(C)S(=O)(=O)c1ccccc1Nc1nc(NC2CCC(N)CC2)ncc1-c1ccccc1. The van der Waals surface area contributed by atoms with Gasteiger partial charge in [-0.15, -0.1) is 0 Å². The summed E-state index contributed by atoms with van der Waals surface area (Å²) in [5.74, 6) is 1.07. The number of nitrogens with two attached hydrogens (primary N) is 1. The van der Waals surface area contributed by atoms with Gasteiger partial charge >= 0.3 is 0 Å². The Bertz CT molecular complexity index is 1190. The number of hydrogen-bond donors (Lipinski definition) is 3. The largest absolute Gasteiger partial charge is 0.351 e. The third-order valence-corrected chi connectivity index (χ3v) is 8.26. The summed E-state index contributed by atoms with van der Waals surface area (Å²) in [6, 6.07) is 17.3. The number of nitrogens with one attached hydrogen (secondary N) is 2. The molecule has 0 bridgehead atoms. The smallest absolute Gasteiger partial charge is 0.224 e. The van der Waals surface area contributed by atoms with Gasteiger partial charge in [0.05, 0.1) is 15.8 Å². The molecule has 7 nitrogen and oxygen atoms in total. The first-order valence-electron chi connectivity index (χ1n) is 11.4.